The standard InChI is InChI=1S/C18H27N3O2/c1-3-9-19-18(23)15-5-4-6-16(12-15)20-13-17(22)21-10-7-14(2)8-11-21/h4-6,12,14,20H,3,7-11,13H2,1-2H3,(H,19,23). The van der Waals surface area contributed by atoms with Crippen LogP contribution in [0.15, 0.2) is 24.3 Å². The van der Waals surface area contributed by atoms with Crippen LogP contribution in [-0.4, -0.2) is 42.9 Å². The number of amides is 2. The molecule has 0 saturated carbocycles. The van der Waals surface area contributed by atoms with Gasteiger partial charge in [0.1, 0.15) is 0 Å². The molecule has 2 N–H and O–H groups in total. The molecule has 5 heteroatoms. The zero-order valence-electron chi connectivity index (χ0n) is 14.1. The van der Waals surface area contributed by atoms with Crippen molar-refractivity contribution in [2.75, 3.05) is 31.5 Å². The van der Waals surface area contributed by atoms with E-state index in [9.17, 15) is 9.59 Å². The van der Waals surface area contributed by atoms with Gasteiger partial charge in [0, 0.05) is 30.9 Å². The summed E-state index contributed by atoms with van der Waals surface area (Å²) < 4.78 is 0. The highest BCUT2D eigenvalue weighted by Gasteiger charge is 2.19. The Kier molecular flexibility index (Phi) is 6.44. The number of hydrogen-bond donors (Lipinski definition) is 2. The first kappa shape index (κ1) is 17.3. The van der Waals surface area contributed by atoms with Crippen molar-refractivity contribution in [1.29, 1.82) is 0 Å². The van der Waals surface area contributed by atoms with Crippen LogP contribution in [0.5, 0.6) is 0 Å². The summed E-state index contributed by atoms with van der Waals surface area (Å²) in [4.78, 5) is 26.1. The second kappa shape index (κ2) is 8.56. The van der Waals surface area contributed by atoms with E-state index in [1.54, 1.807) is 12.1 Å². The molecule has 2 amide bonds. The van der Waals surface area contributed by atoms with Gasteiger partial charge in [-0.15, -0.1) is 0 Å². The number of likely N-dealkylation sites (tertiary alicyclic amines) is 1. The van der Waals surface area contributed by atoms with Crippen molar-refractivity contribution >= 4 is 17.5 Å². The first-order chi connectivity index (χ1) is 11.1. The van der Waals surface area contributed by atoms with Gasteiger partial charge in [-0.3, -0.25) is 9.59 Å². The van der Waals surface area contributed by atoms with Crippen LogP contribution in [0.25, 0.3) is 0 Å². The summed E-state index contributed by atoms with van der Waals surface area (Å²) in [5.41, 5.74) is 1.41. The second-order valence-electron chi connectivity index (χ2n) is 6.25. The van der Waals surface area contributed by atoms with E-state index in [2.05, 4.69) is 17.6 Å². The van der Waals surface area contributed by atoms with Gasteiger partial charge in [-0.05, 0) is 43.4 Å². The van der Waals surface area contributed by atoms with Crippen molar-refractivity contribution in [1.82, 2.24) is 10.2 Å². The van der Waals surface area contributed by atoms with E-state index in [4.69, 9.17) is 0 Å². The van der Waals surface area contributed by atoms with Gasteiger partial charge in [-0.2, -0.15) is 0 Å². The van der Waals surface area contributed by atoms with Crippen molar-refractivity contribution in [2.45, 2.75) is 33.1 Å². The zero-order chi connectivity index (χ0) is 16.7. The van der Waals surface area contributed by atoms with Gasteiger partial charge in [-0.1, -0.05) is 19.9 Å². The topological polar surface area (TPSA) is 61.4 Å². The molecule has 0 spiro atoms. The third kappa shape index (κ3) is 5.27. The average Bonchev–Trinajstić information content (AvgIpc) is 2.58. The summed E-state index contributed by atoms with van der Waals surface area (Å²) in [5.74, 6) is 0.759. The van der Waals surface area contributed by atoms with E-state index < -0.39 is 0 Å². The fourth-order valence-electron chi connectivity index (χ4n) is 2.66. The van der Waals surface area contributed by atoms with E-state index in [1.165, 1.54) is 0 Å². The van der Waals surface area contributed by atoms with Gasteiger partial charge < -0.3 is 15.5 Å². The van der Waals surface area contributed by atoms with E-state index in [0.29, 0.717) is 18.0 Å². The minimum Gasteiger partial charge on any atom is -0.376 e. The molecule has 0 atom stereocenters. The fraction of sp³-hybridized carbons (Fsp3) is 0.556. The number of benzene rings is 1. The van der Waals surface area contributed by atoms with E-state index in [1.807, 2.05) is 24.0 Å². The van der Waals surface area contributed by atoms with Gasteiger partial charge in [0.2, 0.25) is 5.91 Å². The number of carbonyl (C=O) groups is 2. The minimum atomic E-state index is -0.0770. The number of piperidine rings is 1. The third-order valence-electron chi connectivity index (χ3n) is 4.24. The van der Waals surface area contributed by atoms with Crippen LogP contribution in [0.2, 0.25) is 0 Å². The monoisotopic (exact) mass is 317 g/mol. The summed E-state index contributed by atoms with van der Waals surface area (Å²) >= 11 is 0. The predicted octanol–water partition coefficient (Wildman–Crippen LogP) is 2.50. The Labute approximate surface area is 138 Å². The molecule has 0 aliphatic carbocycles. The number of nitrogens with one attached hydrogen (secondary N) is 2. The molecule has 0 radical (unpaired) electrons. The summed E-state index contributed by atoms with van der Waals surface area (Å²) in [5, 5.41) is 5.99. The molecule has 1 aliphatic rings. The lowest BCUT2D eigenvalue weighted by molar-refractivity contribution is -0.130. The highest BCUT2D eigenvalue weighted by Crippen LogP contribution is 2.16. The molecule has 1 aromatic rings. The van der Waals surface area contributed by atoms with Crippen LogP contribution in [0.4, 0.5) is 5.69 Å². The Morgan fingerprint density at radius 1 is 1.26 bits per heavy atom. The molecule has 1 fully saturated rings. The lowest BCUT2D eigenvalue weighted by Crippen LogP contribution is -2.40. The SMILES string of the molecule is CCCNC(=O)c1cccc(NCC(=O)N2CCC(C)CC2)c1. The summed E-state index contributed by atoms with van der Waals surface area (Å²) in [6, 6.07) is 7.28. The molecule has 0 unspecified atom stereocenters. The smallest absolute Gasteiger partial charge is 0.251 e. The number of anilines is 1. The Morgan fingerprint density at radius 2 is 2.00 bits per heavy atom. The minimum absolute atomic E-state index is 0.0770. The van der Waals surface area contributed by atoms with E-state index in [0.717, 1.165) is 38.0 Å². The molecule has 1 aliphatic heterocycles. The molecule has 0 bridgehead atoms. The van der Waals surface area contributed by atoms with Gasteiger partial charge in [-0.25, -0.2) is 0 Å². The highest BCUT2D eigenvalue weighted by atomic mass is 16.2. The van der Waals surface area contributed by atoms with Gasteiger partial charge in [0.25, 0.3) is 5.91 Å². The van der Waals surface area contributed by atoms with Crippen LogP contribution >= 0.6 is 0 Å². The number of nitrogens with zero attached hydrogens (tertiary/aromatic N) is 1. The number of rotatable bonds is 6. The molecular formula is C18H27N3O2. The van der Waals surface area contributed by atoms with Crippen molar-refractivity contribution in [3.8, 4) is 0 Å². The van der Waals surface area contributed by atoms with Gasteiger partial charge >= 0.3 is 0 Å². The van der Waals surface area contributed by atoms with Crippen LogP contribution in [0.1, 0.15) is 43.5 Å². The summed E-state index contributed by atoms with van der Waals surface area (Å²) in [6.45, 7) is 6.89. The van der Waals surface area contributed by atoms with E-state index in [-0.39, 0.29) is 18.4 Å². The van der Waals surface area contributed by atoms with Gasteiger partial charge in [0.15, 0.2) is 0 Å². The highest BCUT2D eigenvalue weighted by molar-refractivity contribution is 5.95. The van der Waals surface area contributed by atoms with Crippen molar-refractivity contribution < 1.29 is 9.59 Å². The molecule has 126 valence electrons. The lowest BCUT2D eigenvalue weighted by Gasteiger charge is -2.30. The zero-order valence-corrected chi connectivity index (χ0v) is 14.1. The fourth-order valence-corrected chi connectivity index (χ4v) is 2.66. The molecule has 5 nitrogen and oxygen atoms in total. The molecule has 0 aromatic heterocycles. The summed E-state index contributed by atoms with van der Waals surface area (Å²) in [6.07, 6.45) is 3.07. The van der Waals surface area contributed by atoms with Crippen LogP contribution < -0.4 is 10.6 Å². The maximum absolute atomic E-state index is 12.2. The normalized spacial score (nSPS) is 15.3. The Balaban J connectivity index is 1.85. The predicted molar refractivity (Wildman–Crippen MR) is 92.5 cm³/mol. The second-order valence-corrected chi connectivity index (χ2v) is 6.25. The van der Waals surface area contributed by atoms with E-state index >= 15 is 0 Å². The third-order valence-corrected chi connectivity index (χ3v) is 4.24. The Morgan fingerprint density at radius 3 is 2.70 bits per heavy atom. The maximum atomic E-state index is 12.2. The van der Waals surface area contributed by atoms with Crippen LogP contribution in [-0.2, 0) is 4.79 Å². The summed E-state index contributed by atoms with van der Waals surface area (Å²) in [7, 11) is 0. The lowest BCUT2D eigenvalue weighted by atomic mass is 9.99. The van der Waals surface area contributed by atoms with Crippen LogP contribution in [0.3, 0.4) is 0 Å². The Hall–Kier alpha value is -2.04. The largest absolute Gasteiger partial charge is 0.376 e. The van der Waals surface area contributed by atoms with Crippen molar-refractivity contribution in [3.63, 3.8) is 0 Å². The van der Waals surface area contributed by atoms with Crippen molar-refractivity contribution in [3.05, 3.63) is 29.8 Å². The molecule has 1 saturated heterocycles. The molecule has 2 rings (SSSR count). The van der Waals surface area contributed by atoms with Crippen LogP contribution in [0, 0.1) is 5.92 Å². The van der Waals surface area contributed by atoms with Gasteiger partial charge in [0.05, 0.1) is 6.54 Å². The molecule has 1 aromatic carbocycles. The molecule has 23 heavy (non-hydrogen) atoms. The molecule has 1 heterocycles. The maximum Gasteiger partial charge on any atom is 0.251 e. The Bertz CT molecular complexity index is 537. The quantitative estimate of drug-likeness (QED) is 0.847. The molecular weight excluding hydrogens is 290 g/mol. The van der Waals surface area contributed by atoms with Crippen molar-refractivity contribution in [2.24, 2.45) is 5.92 Å². The number of carbonyl (C=O) groups excluding carboxylic acids is 2. The first-order valence-electron chi connectivity index (χ1n) is 8.50. The first-order valence-corrected chi connectivity index (χ1v) is 8.50. The number of hydrogen-bond acceptors (Lipinski definition) is 3. The average molecular weight is 317 g/mol.